The minimum absolute atomic E-state index is 0.164. The van der Waals surface area contributed by atoms with Gasteiger partial charge in [0.25, 0.3) is 0 Å². The molecule has 138 valence electrons. The van der Waals surface area contributed by atoms with Gasteiger partial charge in [-0.1, -0.05) is 18.2 Å². The lowest BCUT2D eigenvalue weighted by Gasteiger charge is -2.13. The van der Waals surface area contributed by atoms with Gasteiger partial charge in [-0.05, 0) is 50.2 Å². The number of ether oxygens (including phenoxy) is 3. The van der Waals surface area contributed by atoms with Crippen LogP contribution in [0.5, 0.6) is 17.5 Å². The highest BCUT2D eigenvalue weighted by Gasteiger charge is 2.22. The van der Waals surface area contributed by atoms with E-state index in [-0.39, 0.29) is 12.6 Å². The van der Waals surface area contributed by atoms with E-state index in [0.29, 0.717) is 28.5 Å². The Kier molecular flexibility index (Phi) is 5.66. The Morgan fingerprint density at radius 3 is 2.30 bits per heavy atom. The molecule has 0 aliphatic carbocycles. The van der Waals surface area contributed by atoms with Gasteiger partial charge in [-0.2, -0.15) is 9.97 Å². The van der Waals surface area contributed by atoms with Crippen LogP contribution in [0.4, 0.5) is 0 Å². The number of rotatable bonds is 6. The average Bonchev–Trinajstić information content (AvgIpc) is 2.68. The normalized spacial score (nSPS) is 10.3. The molecule has 0 spiro atoms. The van der Waals surface area contributed by atoms with Crippen LogP contribution in [0.1, 0.15) is 23.0 Å². The molecule has 2 aromatic carbocycles. The molecule has 3 rings (SSSR count). The third-order valence-electron chi connectivity index (χ3n) is 3.86. The number of carbonyl (C=O) groups excluding carboxylic acids is 1. The molecular weight excluding hydrogens is 344 g/mol. The van der Waals surface area contributed by atoms with Gasteiger partial charge in [0.15, 0.2) is 0 Å². The third kappa shape index (κ3) is 4.23. The van der Waals surface area contributed by atoms with Crippen LogP contribution in [0.2, 0.25) is 0 Å². The number of carbonyl (C=O) groups is 1. The highest BCUT2D eigenvalue weighted by atomic mass is 16.5. The molecule has 0 N–H and O–H groups in total. The number of hydrogen-bond donors (Lipinski definition) is 0. The van der Waals surface area contributed by atoms with Crippen LogP contribution in [0.25, 0.3) is 11.3 Å². The quantitative estimate of drug-likeness (QED) is 0.603. The Bertz CT molecular complexity index is 925. The van der Waals surface area contributed by atoms with Crippen LogP contribution in [-0.2, 0) is 4.74 Å². The Morgan fingerprint density at radius 2 is 1.67 bits per heavy atom. The highest BCUT2D eigenvalue weighted by molar-refractivity contribution is 5.97. The predicted molar refractivity (Wildman–Crippen MR) is 101 cm³/mol. The third-order valence-corrected chi connectivity index (χ3v) is 3.86. The van der Waals surface area contributed by atoms with Crippen LogP contribution in [-0.4, -0.2) is 29.7 Å². The summed E-state index contributed by atoms with van der Waals surface area (Å²) in [5, 5.41) is 0. The number of esters is 1. The van der Waals surface area contributed by atoms with Crippen molar-refractivity contribution in [3.8, 4) is 28.8 Å². The highest BCUT2D eigenvalue weighted by Crippen LogP contribution is 2.29. The lowest BCUT2D eigenvalue weighted by atomic mass is 10.0. The fourth-order valence-electron chi connectivity index (χ4n) is 2.59. The van der Waals surface area contributed by atoms with Crippen LogP contribution < -0.4 is 9.47 Å². The SMILES string of the molecule is CCOC(=O)c1c(C)nc(Oc2ccccc2)nc1-c1ccc(OC)cc1. The summed E-state index contributed by atoms with van der Waals surface area (Å²) in [5.41, 5.74) is 2.00. The number of aromatic nitrogens is 2. The zero-order chi connectivity index (χ0) is 19.2. The molecule has 0 aliphatic rings. The molecule has 0 unspecified atom stereocenters. The summed E-state index contributed by atoms with van der Waals surface area (Å²) in [7, 11) is 1.60. The van der Waals surface area contributed by atoms with Gasteiger partial charge in [0.05, 0.1) is 25.1 Å². The molecule has 0 fully saturated rings. The maximum atomic E-state index is 12.5. The summed E-state index contributed by atoms with van der Waals surface area (Å²) in [6.07, 6.45) is 0. The van der Waals surface area contributed by atoms with Crippen molar-refractivity contribution >= 4 is 5.97 Å². The average molecular weight is 364 g/mol. The summed E-state index contributed by atoms with van der Waals surface area (Å²) in [4.78, 5) is 21.3. The maximum absolute atomic E-state index is 12.5. The topological polar surface area (TPSA) is 70.5 Å². The zero-order valence-electron chi connectivity index (χ0n) is 15.4. The van der Waals surface area contributed by atoms with Crippen molar-refractivity contribution in [2.45, 2.75) is 13.8 Å². The molecule has 1 heterocycles. The molecule has 27 heavy (non-hydrogen) atoms. The lowest BCUT2D eigenvalue weighted by molar-refractivity contribution is 0.0525. The van der Waals surface area contributed by atoms with Gasteiger partial charge in [-0.15, -0.1) is 0 Å². The Hall–Kier alpha value is -3.41. The second kappa shape index (κ2) is 8.31. The molecule has 0 saturated carbocycles. The maximum Gasteiger partial charge on any atom is 0.342 e. The van der Waals surface area contributed by atoms with Crippen molar-refractivity contribution in [1.82, 2.24) is 9.97 Å². The first-order chi connectivity index (χ1) is 13.1. The van der Waals surface area contributed by atoms with Crippen LogP contribution >= 0.6 is 0 Å². The Balaban J connectivity index is 2.08. The first-order valence-electron chi connectivity index (χ1n) is 8.55. The molecule has 0 atom stereocenters. The predicted octanol–water partition coefficient (Wildman–Crippen LogP) is 4.43. The van der Waals surface area contributed by atoms with Gasteiger partial charge in [0.1, 0.15) is 17.1 Å². The number of benzene rings is 2. The van der Waals surface area contributed by atoms with Crippen molar-refractivity contribution < 1.29 is 19.0 Å². The largest absolute Gasteiger partial charge is 0.497 e. The van der Waals surface area contributed by atoms with Crippen molar-refractivity contribution in [2.75, 3.05) is 13.7 Å². The smallest absolute Gasteiger partial charge is 0.342 e. The van der Waals surface area contributed by atoms with E-state index < -0.39 is 5.97 Å². The van der Waals surface area contributed by atoms with Gasteiger partial charge in [0, 0.05) is 5.56 Å². The van der Waals surface area contributed by atoms with Gasteiger partial charge in [0.2, 0.25) is 0 Å². The first-order valence-corrected chi connectivity index (χ1v) is 8.55. The van der Waals surface area contributed by atoms with Crippen molar-refractivity contribution in [3.05, 3.63) is 65.9 Å². The van der Waals surface area contributed by atoms with Crippen molar-refractivity contribution in [1.29, 1.82) is 0 Å². The van der Waals surface area contributed by atoms with E-state index in [0.717, 1.165) is 5.56 Å². The molecular formula is C21H20N2O4. The van der Waals surface area contributed by atoms with E-state index in [9.17, 15) is 4.79 Å². The molecule has 0 amide bonds. The Morgan fingerprint density at radius 1 is 0.963 bits per heavy atom. The van der Waals surface area contributed by atoms with Crippen LogP contribution in [0, 0.1) is 6.92 Å². The summed E-state index contributed by atoms with van der Waals surface area (Å²) in [6.45, 7) is 3.76. The Labute approximate surface area is 157 Å². The van der Waals surface area contributed by atoms with Gasteiger partial charge in [-0.3, -0.25) is 0 Å². The number of para-hydroxylation sites is 1. The molecule has 6 nitrogen and oxygen atoms in total. The fraction of sp³-hybridized carbons (Fsp3) is 0.190. The number of aryl methyl sites for hydroxylation is 1. The standard InChI is InChI=1S/C21H20N2O4/c1-4-26-20(24)18-14(2)22-21(27-17-8-6-5-7-9-17)23-19(18)15-10-12-16(25-3)13-11-15/h5-13H,4H2,1-3H3. The van der Waals surface area contributed by atoms with E-state index >= 15 is 0 Å². The van der Waals surface area contributed by atoms with Gasteiger partial charge >= 0.3 is 12.0 Å². The van der Waals surface area contributed by atoms with Gasteiger partial charge in [-0.25, -0.2) is 4.79 Å². The second-order valence-corrected chi connectivity index (χ2v) is 5.68. The van der Waals surface area contributed by atoms with E-state index in [4.69, 9.17) is 14.2 Å². The minimum Gasteiger partial charge on any atom is -0.497 e. The van der Waals surface area contributed by atoms with E-state index in [1.165, 1.54) is 0 Å². The monoisotopic (exact) mass is 364 g/mol. The molecule has 0 aliphatic heterocycles. The molecule has 6 heteroatoms. The van der Waals surface area contributed by atoms with Crippen molar-refractivity contribution in [2.24, 2.45) is 0 Å². The van der Waals surface area contributed by atoms with E-state index in [2.05, 4.69) is 9.97 Å². The summed E-state index contributed by atoms with van der Waals surface area (Å²) in [5.74, 6) is 0.858. The fourth-order valence-corrected chi connectivity index (χ4v) is 2.59. The molecule has 1 aromatic heterocycles. The zero-order valence-corrected chi connectivity index (χ0v) is 15.4. The minimum atomic E-state index is -0.466. The second-order valence-electron chi connectivity index (χ2n) is 5.68. The lowest BCUT2D eigenvalue weighted by Crippen LogP contribution is -2.12. The molecule has 0 bridgehead atoms. The molecule has 3 aromatic rings. The van der Waals surface area contributed by atoms with E-state index in [1.807, 2.05) is 42.5 Å². The van der Waals surface area contributed by atoms with E-state index in [1.54, 1.807) is 33.1 Å². The summed E-state index contributed by atoms with van der Waals surface area (Å²) in [6, 6.07) is 16.7. The summed E-state index contributed by atoms with van der Waals surface area (Å²) >= 11 is 0. The number of nitrogens with zero attached hydrogens (tertiary/aromatic N) is 2. The summed E-state index contributed by atoms with van der Waals surface area (Å²) < 4.78 is 16.2. The number of methoxy groups -OCH3 is 1. The first kappa shape index (κ1) is 18.4. The van der Waals surface area contributed by atoms with Crippen LogP contribution in [0.3, 0.4) is 0 Å². The molecule has 0 saturated heterocycles. The van der Waals surface area contributed by atoms with Crippen molar-refractivity contribution in [3.63, 3.8) is 0 Å². The van der Waals surface area contributed by atoms with Gasteiger partial charge < -0.3 is 14.2 Å². The molecule has 0 radical (unpaired) electrons. The number of hydrogen-bond acceptors (Lipinski definition) is 6. The van der Waals surface area contributed by atoms with Crippen LogP contribution in [0.15, 0.2) is 54.6 Å².